The highest BCUT2D eigenvalue weighted by Crippen LogP contribution is 2.28. The molecule has 33 heavy (non-hydrogen) atoms. The number of hydrogen-bond acceptors (Lipinski definition) is 9. The van der Waals surface area contributed by atoms with E-state index in [2.05, 4.69) is 9.68 Å². The van der Waals surface area contributed by atoms with Crippen LogP contribution in [0.5, 0.6) is 5.88 Å². The maximum atomic E-state index is 14.9. The van der Waals surface area contributed by atoms with Crippen LogP contribution in [0.15, 0.2) is 35.1 Å². The highest BCUT2D eigenvalue weighted by Gasteiger charge is 2.33. The number of anilines is 2. The van der Waals surface area contributed by atoms with Gasteiger partial charge in [-0.1, -0.05) is 0 Å². The minimum Gasteiger partial charge on any atom is -0.471 e. The third-order valence-corrected chi connectivity index (χ3v) is 5.32. The molecular formula is C21H23FN4O7. The monoisotopic (exact) mass is 462 g/mol. The van der Waals surface area contributed by atoms with E-state index in [4.69, 9.17) is 14.2 Å². The normalized spacial score (nSPS) is 18.3. The van der Waals surface area contributed by atoms with E-state index in [1.54, 1.807) is 17.0 Å². The van der Waals surface area contributed by atoms with Crippen LogP contribution in [0.1, 0.15) is 6.92 Å². The Balaban J connectivity index is 1.32. The summed E-state index contributed by atoms with van der Waals surface area (Å²) >= 11 is 0. The van der Waals surface area contributed by atoms with E-state index < -0.39 is 24.0 Å². The van der Waals surface area contributed by atoms with Crippen LogP contribution in [0.2, 0.25) is 0 Å². The van der Waals surface area contributed by atoms with Gasteiger partial charge in [-0.2, -0.15) is 0 Å². The van der Waals surface area contributed by atoms with Crippen LogP contribution in [-0.4, -0.2) is 80.1 Å². The van der Waals surface area contributed by atoms with Crippen molar-refractivity contribution in [2.24, 2.45) is 0 Å². The first-order chi connectivity index (χ1) is 15.9. The summed E-state index contributed by atoms with van der Waals surface area (Å²) in [7, 11) is 0. The molecule has 0 spiro atoms. The summed E-state index contributed by atoms with van der Waals surface area (Å²) in [6, 6.07) is 6.08. The number of halogens is 1. The molecule has 3 heterocycles. The van der Waals surface area contributed by atoms with Gasteiger partial charge in [0.05, 0.1) is 17.9 Å². The Morgan fingerprint density at radius 3 is 2.67 bits per heavy atom. The fourth-order valence-electron chi connectivity index (χ4n) is 3.64. The molecule has 2 amide bonds. The van der Waals surface area contributed by atoms with Crippen molar-refractivity contribution < 1.29 is 37.5 Å². The van der Waals surface area contributed by atoms with Crippen LogP contribution in [0.4, 0.5) is 20.6 Å². The largest absolute Gasteiger partial charge is 0.471 e. The number of rotatable bonds is 7. The molecule has 2 saturated heterocycles. The first kappa shape index (κ1) is 22.4. The number of benzene rings is 1. The van der Waals surface area contributed by atoms with Crippen LogP contribution in [0, 0.1) is 5.82 Å². The lowest BCUT2D eigenvalue weighted by molar-refractivity contribution is -0.150. The Bertz CT molecular complexity index is 1010. The minimum atomic E-state index is -0.587. The second kappa shape index (κ2) is 9.76. The maximum absolute atomic E-state index is 14.9. The van der Waals surface area contributed by atoms with Crippen LogP contribution < -0.4 is 14.5 Å². The predicted octanol–water partition coefficient (Wildman–Crippen LogP) is 1.43. The van der Waals surface area contributed by atoms with Crippen LogP contribution in [-0.2, 0) is 19.1 Å². The van der Waals surface area contributed by atoms with Gasteiger partial charge in [-0.05, 0) is 23.4 Å². The van der Waals surface area contributed by atoms with Crippen molar-refractivity contribution in [1.29, 1.82) is 0 Å². The zero-order chi connectivity index (χ0) is 23.4. The lowest BCUT2D eigenvalue weighted by atomic mass is 10.2. The highest BCUT2D eigenvalue weighted by molar-refractivity contribution is 5.90. The molecule has 2 aliphatic heterocycles. The Hall–Kier alpha value is -3.83. The van der Waals surface area contributed by atoms with Crippen LogP contribution in [0.3, 0.4) is 0 Å². The van der Waals surface area contributed by atoms with E-state index in [0.717, 1.165) is 0 Å². The van der Waals surface area contributed by atoms with Gasteiger partial charge in [0, 0.05) is 39.2 Å². The van der Waals surface area contributed by atoms with E-state index in [1.807, 2.05) is 4.90 Å². The quantitative estimate of drug-likeness (QED) is 0.564. The van der Waals surface area contributed by atoms with Gasteiger partial charge in [0.1, 0.15) is 18.7 Å². The van der Waals surface area contributed by atoms with Crippen molar-refractivity contribution >= 4 is 29.3 Å². The number of cyclic esters (lactones) is 1. The molecule has 2 aliphatic rings. The number of piperazine rings is 1. The third kappa shape index (κ3) is 5.33. The first-order valence-corrected chi connectivity index (χ1v) is 10.4. The Morgan fingerprint density at radius 2 is 2.00 bits per heavy atom. The van der Waals surface area contributed by atoms with Crippen LogP contribution in [0.25, 0.3) is 0 Å². The lowest BCUT2D eigenvalue weighted by Gasteiger charge is -2.36. The number of carbonyl (C=O) groups excluding carboxylic acids is 3. The van der Waals surface area contributed by atoms with Gasteiger partial charge in [-0.25, -0.2) is 9.18 Å². The second-order valence-electron chi connectivity index (χ2n) is 7.55. The molecule has 2 aromatic rings. The van der Waals surface area contributed by atoms with Gasteiger partial charge < -0.3 is 28.5 Å². The zero-order valence-corrected chi connectivity index (χ0v) is 17.9. The topological polar surface area (TPSA) is 115 Å². The van der Waals surface area contributed by atoms with Crippen molar-refractivity contribution in [2.45, 2.75) is 13.0 Å². The van der Waals surface area contributed by atoms with Gasteiger partial charge in [-0.3, -0.25) is 14.5 Å². The molecule has 0 saturated carbocycles. The number of hydrogen-bond donors (Lipinski definition) is 0. The molecule has 12 heteroatoms. The van der Waals surface area contributed by atoms with E-state index >= 15 is 0 Å². The molecular weight excluding hydrogens is 439 g/mol. The summed E-state index contributed by atoms with van der Waals surface area (Å²) in [4.78, 5) is 39.9. The fourth-order valence-corrected chi connectivity index (χ4v) is 3.64. The smallest absolute Gasteiger partial charge is 0.414 e. The van der Waals surface area contributed by atoms with Gasteiger partial charge >= 0.3 is 12.1 Å². The molecule has 4 rings (SSSR count). The molecule has 2 fully saturated rings. The first-order valence-electron chi connectivity index (χ1n) is 10.4. The van der Waals surface area contributed by atoms with E-state index in [0.29, 0.717) is 37.6 Å². The maximum Gasteiger partial charge on any atom is 0.414 e. The summed E-state index contributed by atoms with van der Waals surface area (Å²) < 4.78 is 35.0. The van der Waals surface area contributed by atoms with Crippen LogP contribution >= 0.6 is 0 Å². The highest BCUT2D eigenvalue weighted by atomic mass is 19.1. The van der Waals surface area contributed by atoms with Crippen molar-refractivity contribution in [3.8, 4) is 5.88 Å². The Morgan fingerprint density at radius 1 is 1.21 bits per heavy atom. The molecule has 0 radical (unpaired) electrons. The Kier molecular flexibility index (Phi) is 6.61. The van der Waals surface area contributed by atoms with Crippen molar-refractivity contribution in [3.63, 3.8) is 0 Å². The minimum absolute atomic E-state index is 0.0930. The standard InChI is InChI=1S/C21H23FN4O7/c1-14(27)30-13-20(28)25-7-5-24(6-8-25)18-3-2-15(10-17(18)22)26-11-16(33-21(26)29)12-31-19-4-9-32-23-19/h2-4,9-10,16H,5-8,11-13H2,1H3. The Labute approximate surface area is 188 Å². The predicted molar refractivity (Wildman–Crippen MR) is 111 cm³/mol. The average molecular weight is 462 g/mol. The SMILES string of the molecule is CC(=O)OCC(=O)N1CCN(c2ccc(N3CC(COc4ccon4)OC3=O)cc2F)CC1. The molecule has 1 aromatic carbocycles. The van der Waals surface area contributed by atoms with E-state index in [9.17, 15) is 18.8 Å². The summed E-state index contributed by atoms with van der Waals surface area (Å²) in [5.41, 5.74) is 0.754. The number of esters is 1. The molecule has 11 nitrogen and oxygen atoms in total. The van der Waals surface area contributed by atoms with Gasteiger partial charge in [-0.15, -0.1) is 0 Å². The molecule has 0 aliphatic carbocycles. The van der Waals surface area contributed by atoms with Gasteiger partial charge in [0.2, 0.25) is 0 Å². The number of aromatic nitrogens is 1. The van der Waals surface area contributed by atoms with Crippen molar-refractivity contribution in [1.82, 2.24) is 10.1 Å². The summed E-state index contributed by atoms with van der Waals surface area (Å²) in [5, 5.41) is 3.62. The zero-order valence-electron chi connectivity index (χ0n) is 17.9. The molecule has 1 aromatic heterocycles. The molecule has 0 bridgehead atoms. The van der Waals surface area contributed by atoms with E-state index in [-0.39, 0.29) is 31.5 Å². The summed E-state index contributed by atoms with van der Waals surface area (Å²) in [6.07, 6.45) is 0.248. The number of carbonyl (C=O) groups is 3. The van der Waals surface area contributed by atoms with E-state index in [1.165, 1.54) is 30.2 Å². The molecule has 1 atom stereocenters. The molecule has 176 valence electrons. The third-order valence-electron chi connectivity index (χ3n) is 5.32. The molecule has 1 unspecified atom stereocenters. The number of nitrogens with zero attached hydrogens (tertiary/aromatic N) is 4. The van der Waals surface area contributed by atoms with Gasteiger partial charge in [0.15, 0.2) is 12.7 Å². The average Bonchev–Trinajstić information content (AvgIpc) is 3.45. The van der Waals surface area contributed by atoms with Crippen molar-refractivity contribution in [3.05, 3.63) is 36.3 Å². The van der Waals surface area contributed by atoms with Crippen molar-refractivity contribution in [2.75, 3.05) is 55.7 Å². The van der Waals surface area contributed by atoms with Gasteiger partial charge in [0.25, 0.3) is 11.8 Å². The summed E-state index contributed by atoms with van der Waals surface area (Å²) in [5.74, 6) is -0.995. The summed E-state index contributed by atoms with van der Waals surface area (Å²) in [6.45, 7) is 2.86. The number of amides is 2. The number of ether oxygens (including phenoxy) is 3. The molecule has 0 N–H and O–H groups in total. The fraction of sp³-hybridized carbons (Fsp3) is 0.429. The second-order valence-corrected chi connectivity index (χ2v) is 7.55. The lowest BCUT2D eigenvalue weighted by Crippen LogP contribution is -2.50.